The van der Waals surface area contributed by atoms with Crippen LogP contribution in [-0.2, 0) is 17.8 Å². The van der Waals surface area contributed by atoms with Crippen molar-refractivity contribution in [2.24, 2.45) is 5.73 Å². The van der Waals surface area contributed by atoms with Gasteiger partial charge >= 0.3 is 0 Å². The van der Waals surface area contributed by atoms with E-state index in [1.165, 1.54) is 35.9 Å². The van der Waals surface area contributed by atoms with Gasteiger partial charge in [-0.3, -0.25) is 0 Å². The zero-order valence-corrected chi connectivity index (χ0v) is 17.2. The maximum absolute atomic E-state index is 7.44. The largest absolute Gasteiger partial charge is 0.474 e. The molecule has 1 saturated carbocycles. The van der Waals surface area contributed by atoms with E-state index in [1.54, 1.807) is 11.3 Å². The fourth-order valence-electron chi connectivity index (χ4n) is 3.85. The number of nitrogens with one attached hydrogen (secondary N) is 2. The van der Waals surface area contributed by atoms with E-state index < -0.39 is 0 Å². The number of thiophene rings is 1. The second kappa shape index (κ2) is 7.67. The van der Waals surface area contributed by atoms with Crippen LogP contribution in [0.1, 0.15) is 56.4 Å². The number of anilines is 1. The fourth-order valence-corrected chi connectivity index (χ4v) is 4.94. The number of nitrogens with zero attached hydrogens (tertiary/aromatic N) is 2. The monoisotopic (exact) mass is 401 g/mol. The van der Waals surface area contributed by atoms with Crippen molar-refractivity contribution in [2.75, 3.05) is 5.32 Å². The molecule has 0 aromatic carbocycles. The first kappa shape index (κ1) is 19.1. The topological polar surface area (TPSA) is 106 Å². The maximum atomic E-state index is 7.44. The van der Waals surface area contributed by atoms with Crippen molar-refractivity contribution < 1.29 is 9.47 Å². The molecule has 1 aliphatic carbocycles. The lowest BCUT2D eigenvalue weighted by Crippen LogP contribution is -2.31. The van der Waals surface area contributed by atoms with Crippen LogP contribution < -0.4 is 15.8 Å². The standard InChI is InChI=1S/C20H27N5O2S/c1-20(2)8-14-15(11-26-20)28-18-16(14)17(27-13-6-4-3-5-7-13)24-19(25-18)23-12(9-21)10-22/h9-10,13,21H,3-8,11,22H2,1-2H3,(H,23,24,25). The van der Waals surface area contributed by atoms with E-state index in [-0.39, 0.29) is 11.7 Å². The number of rotatable bonds is 5. The molecule has 1 aliphatic heterocycles. The van der Waals surface area contributed by atoms with E-state index in [1.807, 2.05) is 0 Å². The quantitative estimate of drug-likeness (QED) is 0.651. The first-order chi connectivity index (χ1) is 13.5. The molecule has 4 N–H and O–H groups in total. The van der Waals surface area contributed by atoms with Gasteiger partial charge in [0.1, 0.15) is 10.9 Å². The fraction of sp³-hybridized carbons (Fsp3) is 0.550. The Labute approximate surface area is 168 Å². The van der Waals surface area contributed by atoms with Gasteiger partial charge in [-0.2, -0.15) is 4.98 Å². The summed E-state index contributed by atoms with van der Waals surface area (Å²) in [6, 6.07) is 0. The van der Waals surface area contributed by atoms with Crippen molar-refractivity contribution >= 4 is 33.7 Å². The maximum Gasteiger partial charge on any atom is 0.232 e. The molecule has 0 unspecified atom stereocenters. The third-order valence-corrected chi connectivity index (χ3v) is 6.42. The lowest BCUT2D eigenvalue weighted by Gasteiger charge is -2.30. The van der Waals surface area contributed by atoms with Crippen molar-refractivity contribution in [1.29, 1.82) is 5.41 Å². The summed E-state index contributed by atoms with van der Waals surface area (Å²) >= 11 is 1.63. The molecule has 0 bridgehead atoms. The lowest BCUT2D eigenvalue weighted by atomic mass is 9.94. The van der Waals surface area contributed by atoms with E-state index in [4.69, 9.17) is 20.6 Å². The minimum absolute atomic E-state index is 0.190. The SMILES string of the molecule is CC1(C)Cc2c(sc3nc(NC(C=N)=CN)nc(OC4CCCCC4)c23)CO1. The molecule has 4 rings (SSSR count). The van der Waals surface area contributed by atoms with Gasteiger partial charge < -0.3 is 25.9 Å². The van der Waals surface area contributed by atoms with Crippen LogP contribution in [0.15, 0.2) is 11.9 Å². The number of nitrogens with two attached hydrogens (primary N) is 1. The number of hydrogen-bond donors (Lipinski definition) is 3. The molecule has 2 aromatic rings. The molecule has 150 valence electrons. The zero-order valence-electron chi connectivity index (χ0n) is 16.4. The Bertz CT molecular complexity index is 915. The highest BCUT2D eigenvalue weighted by atomic mass is 32.1. The van der Waals surface area contributed by atoms with Crippen molar-refractivity contribution in [3.63, 3.8) is 0 Å². The van der Waals surface area contributed by atoms with Gasteiger partial charge in [0, 0.05) is 23.7 Å². The normalized spacial score (nSPS) is 20.0. The molecule has 0 spiro atoms. The van der Waals surface area contributed by atoms with Crippen molar-refractivity contribution in [3.8, 4) is 5.88 Å². The minimum atomic E-state index is -0.213. The van der Waals surface area contributed by atoms with E-state index in [0.717, 1.165) is 35.7 Å². The second-order valence-corrected chi connectivity index (χ2v) is 9.11. The Hall–Kier alpha value is -2.19. The molecule has 0 amide bonds. The summed E-state index contributed by atoms with van der Waals surface area (Å²) in [7, 11) is 0. The minimum Gasteiger partial charge on any atom is -0.474 e. The molecule has 0 atom stereocenters. The van der Waals surface area contributed by atoms with Gasteiger partial charge in [0.2, 0.25) is 11.8 Å². The van der Waals surface area contributed by atoms with Crippen LogP contribution in [0.25, 0.3) is 10.2 Å². The summed E-state index contributed by atoms with van der Waals surface area (Å²) in [5.74, 6) is 1.04. The van der Waals surface area contributed by atoms with Crippen LogP contribution in [0.3, 0.4) is 0 Å². The molecule has 0 radical (unpaired) electrons. The number of aromatic nitrogens is 2. The Morgan fingerprint density at radius 1 is 1.32 bits per heavy atom. The van der Waals surface area contributed by atoms with Gasteiger partial charge in [0.25, 0.3) is 0 Å². The average Bonchev–Trinajstić information content (AvgIpc) is 3.03. The molecule has 2 aliphatic rings. The number of ether oxygens (including phenoxy) is 2. The molecule has 1 fully saturated rings. The van der Waals surface area contributed by atoms with E-state index in [2.05, 4.69) is 29.1 Å². The van der Waals surface area contributed by atoms with E-state index >= 15 is 0 Å². The highest BCUT2D eigenvalue weighted by molar-refractivity contribution is 7.18. The lowest BCUT2D eigenvalue weighted by molar-refractivity contribution is -0.0379. The summed E-state index contributed by atoms with van der Waals surface area (Å²) in [6.07, 6.45) is 9.26. The first-order valence-electron chi connectivity index (χ1n) is 9.81. The average molecular weight is 402 g/mol. The van der Waals surface area contributed by atoms with Crippen molar-refractivity contribution in [1.82, 2.24) is 9.97 Å². The molecule has 8 heteroatoms. The van der Waals surface area contributed by atoms with Crippen LogP contribution in [0.2, 0.25) is 0 Å². The first-order valence-corrected chi connectivity index (χ1v) is 10.6. The van der Waals surface area contributed by atoms with Gasteiger partial charge in [-0.05, 0) is 45.1 Å². The summed E-state index contributed by atoms with van der Waals surface area (Å²) in [5, 5.41) is 11.5. The Balaban J connectivity index is 1.78. The van der Waals surface area contributed by atoms with Gasteiger partial charge in [0.05, 0.1) is 23.3 Å². The number of fused-ring (bicyclic) bond motifs is 3. The van der Waals surface area contributed by atoms with Crippen molar-refractivity contribution in [3.05, 3.63) is 22.3 Å². The van der Waals surface area contributed by atoms with Gasteiger partial charge in [-0.25, -0.2) is 4.98 Å². The Morgan fingerprint density at radius 3 is 2.82 bits per heavy atom. The number of allylic oxidation sites excluding steroid dienone is 1. The van der Waals surface area contributed by atoms with Crippen LogP contribution in [0.4, 0.5) is 5.95 Å². The van der Waals surface area contributed by atoms with E-state index in [9.17, 15) is 0 Å². The third kappa shape index (κ3) is 3.84. The predicted octanol–water partition coefficient (Wildman–Crippen LogP) is 4.12. The number of hydrogen-bond acceptors (Lipinski definition) is 8. The highest BCUT2D eigenvalue weighted by Crippen LogP contribution is 2.42. The molecule has 2 aromatic heterocycles. The molecule has 0 saturated heterocycles. The summed E-state index contributed by atoms with van der Waals surface area (Å²) in [5.41, 5.74) is 7.04. The van der Waals surface area contributed by atoms with Crippen LogP contribution in [0, 0.1) is 5.41 Å². The smallest absolute Gasteiger partial charge is 0.232 e. The zero-order chi connectivity index (χ0) is 19.7. The molecule has 3 heterocycles. The molecule has 7 nitrogen and oxygen atoms in total. The van der Waals surface area contributed by atoms with Crippen LogP contribution >= 0.6 is 11.3 Å². The predicted molar refractivity (Wildman–Crippen MR) is 112 cm³/mol. The second-order valence-electron chi connectivity index (χ2n) is 8.03. The van der Waals surface area contributed by atoms with Gasteiger partial charge in [0.15, 0.2) is 0 Å². The summed E-state index contributed by atoms with van der Waals surface area (Å²) in [6.45, 7) is 4.81. The van der Waals surface area contributed by atoms with Crippen LogP contribution in [-0.4, -0.2) is 27.9 Å². The van der Waals surface area contributed by atoms with Crippen molar-refractivity contribution in [2.45, 2.75) is 70.7 Å². The molecular weight excluding hydrogens is 374 g/mol. The van der Waals surface area contributed by atoms with Gasteiger partial charge in [-0.1, -0.05) is 6.42 Å². The van der Waals surface area contributed by atoms with Crippen LogP contribution in [0.5, 0.6) is 5.88 Å². The summed E-state index contributed by atoms with van der Waals surface area (Å²) in [4.78, 5) is 11.4. The highest BCUT2D eigenvalue weighted by Gasteiger charge is 2.32. The Morgan fingerprint density at radius 2 is 2.11 bits per heavy atom. The summed E-state index contributed by atoms with van der Waals surface area (Å²) < 4.78 is 12.4. The Kier molecular flexibility index (Phi) is 5.25. The molecular formula is C20H27N5O2S. The van der Waals surface area contributed by atoms with Gasteiger partial charge in [-0.15, -0.1) is 11.3 Å². The van der Waals surface area contributed by atoms with E-state index in [0.29, 0.717) is 24.1 Å². The third-order valence-electron chi connectivity index (χ3n) is 5.32. The molecule has 28 heavy (non-hydrogen) atoms.